The van der Waals surface area contributed by atoms with Crippen molar-refractivity contribution in [1.29, 1.82) is 0 Å². The average Bonchev–Trinajstić information content (AvgIpc) is 2.78. The molecule has 0 radical (unpaired) electrons. The minimum absolute atomic E-state index is 0.00241. The van der Waals surface area contributed by atoms with Gasteiger partial charge in [-0.3, -0.25) is 4.79 Å². The number of amides is 1. The molecule has 1 N–H and O–H groups in total. The summed E-state index contributed by atoms with van der Waals surface area (Å²) in [4.78, 5) is 12.2. The summed E-state index contributed by atoms with van der Waals surface area (Å²) in [6.07, 6.45) is 0. The van der Waals surface area contributed by atoms with Gasteiger partial charge < -0.3 is 9.88 Å². The number of nitrogens with one attached hydrogen (secondary N) is 1. The molecular formula is C17H24N4OS. The van der Waals surface area contributed by atoms with Gasteiger partial charge in [-0.1, -0.05) is 35.5 Å². The monoisotopic (exact) mass is 332 g/mol. The summed E-state index contributed by atoms with van der Waals surface area (Å²) in [5.74, 6) is 0.808. The maximum Gasteiger partial charge on any atom is 0.233 e. The summed E-state index contributed by atoms with van der Waals surface area (Å²) < 4.78 is 1.93. The second-order valence-electron chi connectivity index (χ2n) is 6.73. The quantitative estimate of drug-likeness (QED) is 0.874. The van der Waals surface area contributed by atoms with Gasteiger partial charge in [-0.15, -0.1) is 10.2 Å². The van der Waals surface area contributed by atoms with Crippen LogP contribution in [0.2, 0.25) is 0 Å². The first-order valence-corrected chi connectivity index (χ1v) is 8.50. The summed E-state index contributed by atoms with van der Waals surface area (Å²) >= 11 is 1.42. The van der Waals surface area contributed by atoms with Crippen LogP contribution in [-0.4, -0.2) is 31.5 Å². The van der Waals surface area contributed by atoms with Crippen molar-refractivity contribution in [3.05, 3.63) is 29.8 Å². The molecular weight excluding hydrogens is 308 g/mol. The lowest BCUT2D eigenvalue weighted by Gasteiger charge is -2.22. The number of nitrogens with zero attached hydrogens (tertiary/aromatic N) is 3. The number of hydrogen-bond acceptors (Lipinski definition) is 4. The molecule has 23 heavy (non-hydrogen) atoms. The van der Waals surface area contributed by atoms with Gasteiger partial charge in [0.25, 0.3) is 0 Å². The third kappa shape index (κ3) is 4.58. The first-order chi connectivity index (χ1) is 10.7. The van der Waals surface area contributed by atoms with Crippen molar-refractivity contribution < 1.29 is 4.79 Å². The first-order valence-electron chi connectivity index (χ1n) is 7.62. The van der Waals surface area contributed by atoms with Crippen molar-refractivity contribution in [3.8, 4) is 11.4 Å². The molecule has 1 amide bonds. The molecule has 0 fully saturated rings. The maximum absolute atomic E-state index is 12.2. The van der Waals surface area contributed by atoms with Crippen molar-refractivity contribution >= 4 is 17.7 Å². The highest BCUT2D eigenvalue weighted by Gasteiger charge is 2.22. The highest BCUT2D eigenvalue weighted by atomic mass is 32.2. The predicted molar refractivity (Wildman–Crippen MR) is 94.4 cm³/mol. The van der Waals surface area contributed by atoms with Crippen LogP contribution in [-0.2, 0) is 11.8 Å². The number of carbonyl (C=O) groups excluding carboxylic acids is 1. The van der Waals surface area contributed by atoms with Gasteiger partial charge in [0.1, 0.15) is 0 Å². The molecule has 0 aliphatic heterocycles. The molecule has 2 aromatic rings. The number of aromatic nitrogens is 3. The van der Waals surface area contributed by atoms with E-state index in [0.717, 1.165) is 16.5 Å². The third-order valence-corrected chi connectivity index (χ3v) is 4.39. The van der Waals surface area contributed by atoms with Gasteiger partial charge in [0.15, 0.2) is 11.0 Å². The van der Waals surface area contributed by atoms with Crippen LogP contribution < -0.4 is 5.32 Å². The van der Waals surface area contributed by atoms with Crippen LogP contribution in [0, 0.1) is 6.92 Å². The molecule has 1 aromatic heterocycles. The molecule has 0 aliphatic carbocycles. The van der Waals surface area contributed by atoms with Crippen molar-refractivity contribution in [1.82, 2.24) is 20.1 Å². The van der Waals surface area contributed by atoms with Crippen LogP contribution in [0.3, 0.4) is 0 Å². The predicted octanol–water partition coefficient (Wildman–Crippen LogP) is 3.19. The Bertz CT molecular complexity index is 703. The normalized spacial score (nSPS) is 13.0. The number of carbonyl (C=O) groups is 1. The highest BCUT2D eigenvalue weighted by Crippen LogP contribution is 2.26. The van der Waals surface area contributed by atoms with E-state index in [1.165, 1.54) is 17.3 Å². The molecule has 1 aromatic carbocycles. The van der Waals surface area contributed by atoms with E-state index in [1.807, 2.05) is 51.4 Å². The molecule has 2 rings (SSSR count). The Morgan fingerprint density at radius 3 is 2.61 bits per heavy atom. The Hall–Kier alpha value is -1.82. The standard InChI is InChI=1S/C17H24N4OS/c1-11-8-7-9-13(10-11)14-19-20-16(21(14)6)23-12(2)15(22)18-17(3,4)5/h7-10,12H,1-6H3,(H,18,22)/t12-/m0/s1. The molecule has 1 heterocycles. The summed E-state index contributed by atoms with van der Waals surface area (Å²) in [7, 11) is 1.92. The Balaban J connectivity index is 2.15. The molecule has 0 spiro atoms. The Kier molecular flexibility index (Phi) is 5.14. The second kappa shape index (κ2) is 6.74. The second-order valence-corrected chi connectivity index (χ2v) is 8.04. The van der Waals surface area contributed by atoms with Gasteiger partial charge >= 0.3 is 0 Å². The van der Waals surface area contributed by atoms with E-state index in [1.54, 1.807) is 0 Å². The number of aryl methyl sites for hydroxylation is 1. The molecule has 0 aliphatic rings. The minimum atomic E-state index is -0.238. The van der Waals surface area contributed by atoms with Crippen LogP contribution in [0.1, 0.15) is 33.3 Å². The molecule has 1 atom stereocenters. The smallest absolute Gasteiger partial charge is 0.233 e. The van der Waals surface area contributed by atoms with Gasteiger partial charge in [0, 0.05) is 18.2 Å². The van der Waals surface area contributed by atoms with Crippen LogP contribution in [0.4, 0.5) is 0 Å². The maximum atomic E-state index is 12.2. The molecule has 124 valence electrons. The lowest BCUT2D eigenvalue weighted by Crippen LogP contribution is -2.44. The van der Waals surface area contributed by atoms with E-state index in [4.69, 9.17) is 0 Å². The number of rotatable bonds is 4. The van der Waals surface area contributed by atoms with Crippen LogP contribution in [0.25, 0.3) is 11.4 Å². The highest BCUT2D eigenvalue weighted by molar-refractivity contribution is 8.00. The fraction of sp³-hybridized carbons (Fsp3) is 0.471. The van der Waals surface area contributed by atoms with Crippen LogP contribution in [0.5, 0.6) is 0 Å². The van der Waals surface area contributed by atoms with Gasteiger partial charge in [-0.2, -0.15) is 0 Å². The summed E-state index contributed by atoms with van der Waals surface area (Å²) in [5.41, 5.74) is 1.97. The zero-order chi connectivity index (χ0) is 17.2. The number of thioether (sulfide) groups is 1. The fourth-order valence-corrected chi connectivity index (χ4v) is 2.95. The van der Waals surface area contributed by atoms with E-state index < -0.39 is 0 Å². The van der Waals surface area contributed by atoms with E-state index in [2.05, 4.69) is 34.6 Å². The largest absolute Gasteiger partial charge is 0.351 e. The first kappa shape index (κ1) is 17.5. The Morgan fingerprint density at radius 1 is 1.30 bits per heavy atom. The van der Waals surface area contributed by atoms with Crippen LogP contribution >= 0.6 is 11.8 Å². The molecule has 0 saturated carbocycles. The van der Waals surface area contributed by atoms with E-state index in [0.29, 0.717) is 0 Å². The van der Waals surface area contributed by atoms with Gasteiger partial charge in [-0.05, 0) is 40.7 Å². The van der Waals surface area contributed by atoms with E-state index >= 15 is 0 Å². The SMILES string of the molecule is Cc1cccc(-c2nnc(S[C@@H](C)C(=O)NC(C)(C)C)n2C)c1. The van der Waals surface area contributed by atoms with Crippen molar-refractivity contribution in [2.75, 3.05) is 0 Å². The van der Waals surface area contributed by atoms with Crippen LogP contribution in [0.15, 0.2) is 29.4 Å². The summed E-state index contributed by atoms with van der Waals surface area (Å²) in [5, 5.41) is 12.0. The lowest BCUT2D eigenvalue weighted by atomic mass is 10.1. The zero-order valence-corrected chi connectivity index (χ0v) is 15.4. The molecule has 5 nitrogen and oxygen atoms in total. The summed E-state index contributed by atoms with van der Waals surface area (Å²) in [6.45, 7) is 9.85. The topological polar surface area (TPSA) is 59.8 Å². The fourth-order valence-electron chi connectivity index (χ4n) is 2.14. The van der Waals surface area contributed by atoms with Gasteiger partial charge in [-0.25, -0.2) is 0 Å². The van der Waals surface area contributed by atoms with Crippen molar-refractivity contribution in [2.24, 2.45) is 7.05 Å². The van der Waals surface area contributed by atoms with Gasteiger partial charge in [0.2, 0.25) is 5.91 Å². The molecule has 0 bridgehead atoms. The molecule has 0 unspecified atom stereocenters. The number of benzene rings is 1. The Morgan fingerprint density at radius 2 is 2.00 bits per heavy atom. The zero-order valence-electron chi connectivity index (χ0n) is 14.5. The summed E-state index contributed by atoms with van der Waals surface area (Å²) in [6, 6.07) is 8.15. The number of hydrogen-bond donors (Lipinski definition) is 1. The molecule has 0 saturated heterocycles. The Labute approximate surface area is 141 Å². The average molecular weight is 332 g/mol. The van der Waals surface area contributed by atoms with E-state index in [9.17, 15) is 4.79 Å². The third-order valence-electron chi connectivity index (χ3n) is 3.26. The van der Waals surface area contributed by atoms with Crippen molar-refractivity contribution in [3.63, 3.8) is 0 Å². The van der Waals surface area contributed by atoms with Crippen molar-refractivity contribution in [2.45, 2.75) is 50.6 Å². The van der Waals surface area contributed by atoms with Gasteiger partial charge in [0.05, 0.1) is 5.25 Å². The lowest BCUT2D eigenvalue weighted by molar-refractivity contribution is -0.121. The molecule has 6 heteroatoms. The minimum Gasteiger partial charge on any atom is -0.351 e. The van der Waals surface area contributed by atoms with E-state index in [-0.39, 0.29) is 16.7 Å².